The minimum Gasteiger partial charge on any atom is -0.677 e. The first kappa shape index (κ1) is 27.4. The molecule has 2 heterocycles. The van der Waals surface area contributed by atoms with E-state index in [1.807, 2.05) is 27.0 Å². The molecule has 0 spiro atoms. The predicted molar refractivity (Wildman–Crippen MR) is 118 cm³/mol. The summed E-state index contributed by atoms with van der Waals surface area (Å²) < 4.78 is 16.7. The summed E-state index contributed by atoms with van der Waals surface area (Å²) in [5.74, 6) is 0.0281. The van der Waals surface area contributed by atoms with Gasteiger partial charge >= 0.3 is 0 Å². The Labute approximate surface area is 205 Å². The Morgan fingerprint density at radius 3 is 2.67 bits per heavy atom. The van der Waals surface area contributed by atoms with E-state index in [-0.39, 0.29) is 44.4 Å². The monoisotopic (exact) mass is 494 g/mol. The first-order valence-corrected chi connectivity index (χ1v) is 10.9. The number of aliphatic hydroxyl groups is 1. The fourth-order valence-corrected chi connectivity index (χ4v) is 3.92. The van der Waals surface area contributed by atoms with Crippen molar-refractivity contribution < 1.29 is 42.2 Å². The van der Waals surface area contributed by atoms with Crippen LogP contribution in [0.15, 0.2) is 12.1 Å². The van der Waals surface area contributed by atoms with Crippen molar-refractivity contribution in [2.45, 2.75) is 65.0 Å². The summed E-state index contributed by atoms with van der Waals surface area (Å²) in [5.41, 5.74) is 8.61. The number of hydrogen-bond acceptors (Lipinski definition) is 3. The van der Waals surface area contributed by atoms with E-state index in [2.05, 4.69) is 29.2 Å². The molecule has 30 heavy (non-hydrogen) atoms. The number of aromatic nitrogens is 2. The van der Waals surface area contributed by atoms with E-state index >= 15 is 0 Å². The molecule has 1 aromatic carbocycles. The quantitative estimate of drug-likeness (QED) is 0.542. The average molecular weight is 494 g/mol. The van der Waals surface area contributed by atoms with Crippen LogP contribution in [0.2, 0.25) is 0 Å². The number of nitrogens with zero attached hydrogens (tertiary/aromatic N) is 4. The molecular formula is C22H36FN5OY-2. The summed E-state index contributed by atoms with van der Waals surface area (Å²) in [4.78, 5) is 2.28. The fraction of sp³-hybridized carbons (Fsp3) is 0.682. The van der Waals surface area contributed by atoms with Crippen molar-refractivity contribution in [2.75, 3.05) is 26.2 Å². The van der Waals surface area contributed by atoms with Gasteiger partial charge in [0.2, 0.25) is 0 Å². The zero-order chi connectivity index (χ0) is 21.6. The summed E-state index contributed by atoms with van der Waals surface area (Å²) in [6, 6.07) is 3.76. The molecule has 3 unspecified atom stereocenters. The molecule has 0 aliphatic carbocycles. The Morgan fingerprint density at radius 2 is 2.07 bits per heavy atom. The molecule has 8 heteroatoms. The van der Waals surface area contributed by atoms with Crippen molar-refractivity contribution >= 4 is 16.7 Å². The van der Waals surface area contributed by atoms with E-state index in [0.29, 0.717) is 48.9 Å². The van der Waals surface area contributed by atoms with Crippen molar-refractivity contribution in [3.63, 3.8) is 0 Å². The van der Waals surface area contributed by atoms with Crippen LogP contribution in [-0.4, -0.2) is 58.1 Å². The summed E-state index contributed by atoms with van der Waals surface area (Å²) in [6.07, 6.45) is 1.87. The summed E-state index contributed by atoms with van der Waals surface area (Å²) in [6.45, 7) is 10.6. The number of aryl methyl sites for hydroxylation is 1. The summed E-state index contributed by atoms with van der Waals surface area (Å²) >= 11 is 0. The molecule has 0 amide bonds. The Kier molecular flexibility index (Phi) is 12.0. The van der Waals surface area contributed by atoms with E-state index in [9.17, 15) is 9.50 Å². The Balaban J connectivity index is 0.00000146. The third-order valence-electron chi connectivity index (χ3n) is 5.77. The Hall–Kier alpha value is -0.596. The molecule has 3 atom stereocenters. The second-order valence-corrected chi connectivity index (χ2v) is 7.54. The topological polar surface area (TPSA) is 79.2 Å². The zero-order valence-electron chi connectivity index (χ0n) is 19.0. The number of aliphatic hydroxyl groups excluding tert-OH is 1. The normalized spacial score (nSPS) is 20.3. The molecule has 1 radical (unpaired) electrons. The maximum atomic E-state index is 14.9. The van der Waals surface area contributed by atoms with Crippen molar-refractivity contribution in [2.24, 2.45) is 7.05 Å². The van der Waals surface area contributed by atoms with Crippen LogP contribution in [-0.2, 0) is 39.8 Å². The first-order chi connectivity index (χ1) is 14.0. The number of likely N-dealkylation sites (tertiary alicyclic amines) is 1. The fourth-order valence-electron chi connectivity index (χ4n) is 3.92. The van der Waals surface area contributed by atoms with E-state index < -0.39 is 6.10 Å². The van der Waals surface area contributed by atoms with Crippen molar-refractivity contribution in [3.8, 4) is 0 Å². The summed E-state index contributed by atoms with van der Waals surface area (Å²) in [7, 11) is 1.83. The van der Waals surface area contributed by atoms with Gasteiger partial charge in [0.25, 0.3) is 0 Å². The van der Waals surface area contributed by atoms with Crippen molar-refractivity contribution in [1.82, 2.24) is 14.7 Å². The van der Waals surface area contributed by atoms with E-state index in [1.165, 1.54) is 6.07 Å². The number of halogens is 1. The first-order valence-electron chi connectivity index (χ1n) is 10.9. The maximum Gasteiger partial charge on any atom is 0.127 e. The largest absolute Gasteiger partial charge is 0.677 e. The van der Waals surface area contributed by atoms with Gasteiger partial charge in [-0.1, -0.05) is 33.7 Å². The van der Waals surface area contributed by atoms with Crippen LogP contribution in [0.5, 0.6) is 0 Å². The Morgan fingerprint density at radius 1 is 1.37 bits per heavy atom. The smallest absolute Gasteiger partial charge is 0.127 e. The molecule has 1 aliphatic heterocycles. The van der Waals surface area contributed by atoms with Crippen LogP contribution in [0.4, 0.5) is 10.2 Å². The third-order valence-corrected chi connectivity index (χ3v) is 5.77. The van der Waals surface area contributed by atoms with Gasteiger partial charge in [-0.25, -0.2) is 4.39 Å². The minimum atomic E-state index is -0.575. The maximum absolute atomic E-state index is 14.9. The van der Waals surface area contributed by atoms with Crippen LogP contribution in [0.1, 0.15) is 58.4 Å². The molecule has 1 fully saturated rings. The van der Waals surface area contributed by atoms with Gasteiger partial charge in [0.1, 0.15) is 5.82 Å². The van der Waals surface area contributed by atoms with Gasteiger partial charge in [-0.05, 0) is 49.8 Å². The van der Waals surface area contributed by atoms with Gasteiger partial charge in [-0.3, -0.25) is 4.90 Å². The van der Waals surface area contributed by atoms with E-state index in [1.54, 1.807) is 4.68 Å². The third kappa shape index (κ3) is 6.22. The van der Waals surface area contributed by atoms with Crippen LogP contribution in [0.3, 0.4) is 0 Å². The van der Waals surface area contributed by atoms with Crippen LogP contribution < -0.4 is 0 Å². The number of rotatable bonds is 7. The zero-order valence-corrected chi connectivity index (χ0v) is 21.9. The Bertz CT molecular complexity index is 784. The van der Waals surface area contributed by atoms with Crippen LogP contribution in [0, 0.1) is 5.82 Å². The molecule has 0 bridgehead atoms. The van der Waals surface area contributed by atoms with Crippen LogP contribution in [0.25, 0.3) is 22.0 Å². The number of piperidine rings is 1. The van der Waals surface area contributed by atoms with Crippen molar-refractivity contribution in [3.05, 3.63) is 34.6 Å². The molecule has 2 aromatic rings. The van der Waals surface area contributed by atoms with Gasteiger partial charge in [0.05, 0.1) is 6.10 Å². The molecule has 3 rings (SSSR count). The van der Waals surface area contributed by atoms with E-state index in [0.717, 1.165) is 24.9 Å². The minimum absolute atomic E-state index is 0. The SMILES string of the molecule is CC.CCC(C)N1CCC(c2cc3c(cc2F)c([N-]CCC[NH-])nn3C)C(O)C1.[Y]. The van der Waals surface area contributed by atoms with Gasteiger partial charge < -0.3 is 25.9 Å². The molecule has 0 saturated carbocycles. The number of fused-ring (bicyclic) bond motifs is 1. The molecule has 2 N–H and O–H groups in total. The number of β-amino-alcohol motifs (C(OH)–C–C–N with tert-alkyl or cyclic N) is 1. The molecule has 1 aromatic heterocycles. The number of nitrogens with one attached hydrogen (secondary N) is 1. The molecule has 6 nitrogen and oxygen atoms in total. The predicted octanol–water partition coefficient (Wildman–Crippen LogP) is 5.13. The van der Waals surface area contributed by atoms with E-state index in [4.69, 9.17) is 5.73 Å². The van der Waals surface area contributed by atoms with Crippen molar-refractivity contribution in [1.29, 1.82) is 0 Å². The number of hydrogen-bond donors (Lipinski definition) is 1. The van der Waals surface area contributed by atoms with Gasteiger partial charge in [-0.15, -0.1) is 0 Å². The van der Waals surface area contributed by atoms with Gasteiger partial charge in [0.15, 0.2) is 0 Å². The van der Waals surface area contributed by atoms with Crippen LogP contribution >= 0.6 is 0 Å². The molecule has 167 valence electrons. The average Bonchev–Trinajstić information content (AvgIpc) is 3.03. The second-order valence-electron chi connectivity index (χ2n) is 7.54. The number of benzene rings is 1. The second kappa shape index (κ2) is 13.1. The molecule has 1 saturated heterocycles. The molecular weight excluding hydrogens is 458 g/mol. The molecule has 1 aliphatic rings. The standard InChI is InChI=1S/C20H30FN5O.C2H6.Y/c1-4-13(2)26-9-6-14(19(27)12-26)15-11-18-16(10-17(15)21)20(24-25(18)3)23-8-5-7-22;1-2;/h10-11,13-14,19,22,27H,4-9,12H2,1-3H3;1-2H3;/q-2;;. The van der Waals surface area contributed by atoms with Gasteiger partial charge in [-0.2, -0.15) is 6.54 Å². The summed E-state index contributed by atoms with van der Waals surface area (Å²) in [5, 5.41) is 20.2. The van der Waals surface area contributed by atoms with Gasteiger partial charge in [0, 0.05) is 69.2 Å².